The summed E-state index contributed by atoms with van der Waals surface area (Å²) in [5.41, 5.74) is 3.95. The fraction of sp³-hybridized carbons (Fsp3) is 0.238. The third-order valence-corrected chi connectivity index (χ3v) is 6.85. The van der Waals surface area contributed by atoms with E-state index in [9.17, 15) is 13.2 Å². The summed E-state index contributed by atoms with van der Waals surface area (Å²) in [6, 6.07) is 12.5. The van der Waals surface area contributed by atoms with Crippen LogP contribution in [0.25, 0.3) is 10.6 Å². The fourth-order valence-corrected chi connectivity index (χ4v) is 4.66. The Balaban J connectivity index is 1.66. The molecule has 0 aliphatic heterocycles. The maximum Gasteiger partial charge on any atom is 0.338 e. The van der Waals surface area contributed by atoms with Crippen molar-refractivity contribution in [1.29, 1.82) is 0 Å². The second kappa shape index (κ2) is 8.86. The molecule has 0 amide bonds. The zero-order chi connectivity index (χ0) is 21.0. The van der Waals surface area contributed by atoms with Crippen molar-refractivity contribution in [3.8, 4) is 10.6 Å². The van der Waals surface area contributed by atoms with Gasteiger partial charge in [-0.25, -0.2) is 22.9 Å². The zero-order valence-electron chi connectivity index (χ0n) is 16.4. The summed E-state index contributed by atoms with van der Waals surface area (Å²) < 4.78 is 32.4. The highest BCUT2D eigenvalue weighted by atomic mass is 32.2. The molecule has 152 valence electrons. The van der Waals surface area contributed by atoms with Gasteiger partial charge in [-0.05, 0) is 31.5 Å². The molecule has 29 heavy (non-hydrogen) atoms. The SMILES string of the molecule is COC(=O)c1cc(S(=O)(=O)NCCc2csc(-c3ccc(C)cc3)n2)ccc1C. The van der Waals surface area contributed by atoms with E-state index in [4.69, 9.17) is 4.74 Å². The summed E-state index contributed by atoms with van der Waals surface area (Å²) in [6.07, 6.45) is 0.470. The predicted octanol–water partition coefficient (Wildman–Crippen LogP) is 3.73. The molecule has 6 nitrogen and oxygen atoms in total. The molecule has 0 radical (unpaired) electrons. The first-order valence-corrected chi connectivity index (χ1v) is 11.4. The van der Waals surface area contributed by atoms with E-state index in [1.54, 1.807) is 13.0 Å². The summed E-state index contributed by atoms with van der Waals surface area (Å²) in [7, 11) is -2.48. The van der Waals surface area contributed by atoms with E-state index in [-0.39, 0.29) is 17.0 Å². The lowest BCUT2D eigenvalue weighted by molar-refractivity contribution is 0.0599. The number of esters is 1. The first-order valence-electron chi connectivity index (χ1n) is 9.00. The monoisotopic (exact) mass is 430 g/mol. The van der Waals surface area contributed by atoms with E-state index in [2.05, 4.69) is 9.71 Å². The molecule has 0 aliphatic carbocycles. The smallest absolute Gasteiger partial charge is 0.338 e. The maximum absolute atomic E-state index is 12.6. The fourth-order valence-electron chi connectivity index (χ4n) is 2.75. The summed E-state index contributed by atoms with van der Waals surface area (Å²) in [5, 5.41) is 2.84. The van der Waals surface area contributed by atoms with Gasteiger partial charge in [-0.2, -0.15) is 0 Å². The Bertz CT molecular complexity index is 1120. The van der Waals surface area contributed by atoms with Crippen molar-refractivity contribution in [1.82, 2.24) is 9.71 Å². The molecule has 0 saturated carbocycles. The molecule has 2 aromatic carbocycles. The Morgan fingerprint density at radius 3 is 2.55 bits per heavy atom. The third kappa shape index (κ3) is 5.09. The topological polar surface area (TPSA) is 85.4 Å². The van der Waals surface area contributed by atoms with E-state index in [1.807, 2.05) is 36.6 Å². The standard InChI is InChI=1S/C21H22N2O4S2/c1-14-4-7-16(8-5-14)20-23-17(13-28-20)10-11-22-29(25,26)18-9-6-15(2)19(12-18)21(24)27-3/h4-9,12-13,22H,10-11H2,1-3H3. The molecule has 0 aliphatic rings. The predicted molar refractivity (Wildman–Crippen MR) is 114 cm³/mol. The Morgan fingerprint density at radius 1 is 1.14 bits per heavy atom. The second-order valence-electron chi connectivity index (χ2n) is 6.63. The highest BCUT2D eigenvalue weighted by molar-refractivity contribution is 7.89. The number of methoxy groups -OCH3 is 1. The highest BCUT2D eigenvalue weighted by Crippen LogP contribution is 2.24. The molecule has 8 heteroatoms. The maximum atomic E-state index is 12.6. The van der Waals surface area contributed by atoms with Crippen molar-refractivity contribution in [3.63, 3.8) is 0 Å². The molecule has 0 bridgehead atoms. The minimum atomic E-state index is -3.74. The number of thiazole rings is 1. The highest BCUT2D eigenvalue weighted by Gasteiger charge is 2.18. The first kappa shape index (κ1) is 21.2. The Labute approximate surface area is 174 Å². The molecule has 3 aromatic rings. The van der Waals surface area contributed by atoms with E-state index < -0.39 is 16.0 Å². The Morgan fingerprint density at radius 2 is 1.86 bits per heavy atom. The van der Waals surface area contributed by atoms with Gasteiger partial charge in [0.2, 0.25) is 10.0 Å². The number of ether oxygens (including phenoxy) is 1. The van der Waals surface area contributed by atoms with Gasteiger partial charge >= 0.3 is 5.97 Å². The van der Waals surface area contributed by atoms with Crippen LogP contribution in [0, 0.1) is 13.8 Å². The van der Waals surface area contributed by atoms with Crippen LogP contribution in [0.4, 0.5) is 0 Å². The number of carbonyl (C=O) groups is 1. The number of hydrogen-bond donors (Lipinski definition) is 1. The van der Waals surface area contributed by atoms with Gasteiger partial charge in [-0.3, -0.25) is 0 Å². The van der Waals surface area contributed by atoms with E-state index in [0.717, 1.165) is 16.3 Å². The van der Waals surface area contributed by atoms with Crippen molar-refractivity contribution in [2.24, 2.45) is 0 Å². The molecule has 1 heterocycles. The molecule has 0 fully saturated rings. The molecule has 0 atom stereocenters. The summed E-state index contributed by atoms with van der Waals surface area (Å²) in [5.74, 6) is -0.564. The minimum absolute atomic E-state index is 0.0297. The lowest BCUT2D eigenvalue weighted by Gasteiger charge is -2.09. The summed E-state index contributed by atoms with van der Waals surface area (Å²) >= 11 is 1.53. The number of rotatable bonds is 7. The van der Waals surface area contributed by atoms with Gasteiger partial charge in [-0.15, -0.1) is 11.3 Å². The lowest BCUT2D eigenvalue weighted by atomic mass is 10.1. The summed E-state index contributed by atoms with van der Waals surface area (Å²) in [4.78, 5) is 16.4. The molecular formula is C21H22N2O4S2. The first-order chi connectivity index (χ1) is 13.8. The van der Waals surface area contributed by atoms with Crippen LogP contribution in [0.3, 0.4) is 0 Å². The number of benzene rings is 2. The van der Waals surface area contributed by atoms with Gasteiger partial charge < -0.3 is 4.74 Å². The summed E-state index contributed by atoms with van der Waals surface area (Å²) in [6.45, 7) is 3.97. The number of carbonyl (C=O) groups excluding carboxylic acids is 1. The zero-order valence-corrected chi connectivity index (χ0v) is 18.1. The normalized spacial score (nSPS) is 11.4. The Hall–Kier alpha value is -2.55. The van der Waals surface area contributed by atoms with Crippen LogP contribution >= 0.6 is 11.3 Å². The number of nitrogens with zero attached hydrogens (tertiary/aromatic N) is 1. The van der Waals surface area contributed by atoms with Crippen molar-refractivity contribution in [3.05, 3.63) is 70.2 Å². The van der Waals surface area contributed by atoms with Gasteiger partial charge in [0.15, 0.2) is 0 Å². The van der Waals surface area contributed by atoms with Crippen molar-refractivity contribution >= 4 is 27.3 Å². The quantitative estimate of drug-likeness (QED) is 0.577. The minimum Gasteiger partial charge on any atom is -0.465 e. The molecule has 3 rings (SSSR count). The van der Waals surface area contributed by atoms with Crippen LogP contribution < -0.4 is 4.72 Å². The molecule has 0 saturated heterocycles. The van der Waals surface area contributed by atoms with Gasteiger partial charge in [0, 0.05) is 23.9 Å². The molecule has 1 N–H and O–H groups in total. The van der Waals surface area contributed by atoms with Gasteiger partial charge in [0.25, 0.3) is 0 Å². The van der Waals surface area contributed by atoms with Crippen LogP contribution in [0.1, 0.15) is 27.2 Å². The van der Waals surface area contributed by atoms with Crippen LogP contribution in [0.15, 0.2) is 52.7 Å². The van der Waals surface area contributed by atoms with E-state index in [0.29, 0.717) is 12.0 Å². The third-order valence-electron chi connectivity index (χ3n) is 4.45. The number of aromatic nitrogens is 1. The second-order valence-corrected chi connectivity index (χ2v) is 9.25. The average Bonchev–Trinajstić information content (AvgIpc) is 3.17. The van der Waals surface area contributed by atoms with Gasteiger partial charge in [-0.1, -0.05) is 35.9 Å². The van der Waals surface area contributed by atoms with Crippen LogP contribution in [0.5, 0.6) is 0 Å². The number of hydrogen-bond acceptors (Lipinski definition) is 6. The van der Waals surface area contributed by atoms with Crippen molar-refractivity contribution < 1.29 is 17.9 Å². The van der Waals surface area contributed by atoms with E-state index in [1.165, 1.54) is 36.1 Å². The molecule has 1 aromatic heterocycles. The van der Waals surface area contributed by atoms with Crippen molar-refractivity contribution in [2.75, 3.05) is 13.7 Å². The van der Waals surface area contributed by atoms with Crippen LogP contribution in [-0.4, -0.2) is 33.0 Å². The van der Waals surface area contributed by atoms with Crippen molar-refractivity contribution in [2.45, 2.75) is 25.2 Å². The van der Waals surface area contributed by atoms with E-state index >= 15 is 0 Å². The molecule has 0 spiro atoms. The Kier molecular flexibility index (Phi) is 6.46. The van der Waals surface area contributed by atoms with Crippen LogP contribution in [0.2, 0.25) is 0 Å². The lowest BCUT2D eigenvalue weighted by Crippen LogP contribution is -2.26. The van der Waals surface area contributed by atoms with Gasteiger partial charge in [0.05, 0.1) is 23.3 Å². The number of sulfonamides is 1. The van der Waals surface area contributed by atoms with Gasteiger partial charge in [0.1, 0.15) is 5.01 Å². The largest absolute Gasteiger partial charge is 0.465 e. The molecular weight excluding hydrogens is 408 g/mol. The molecule has 0 unspecified atom stereocenters. The van der Waals surface area contributed by atoms with Crippen LogP contribution in [-0.2, 0) is 21.2 Å². The number of nitrogens with one attached hydrogen (secondary N) is 1. The number of aryl methyl sites for hydroxylation is 2. The average molecular weight is 431 g/mol.